The van der Waals surface area contributed by atoms with E-state index in [1.807, 2.05) is 0 Å². The van der Waals surface area contributed by atoms with Gasteiger partial charge in [0.15, 0.2) is 0 Å². The minimum Gasteiger partial charge on any atom is -0.270 e. The van der Waals surface area contributed by atoms with Crippen LogP contribution in [0.2, 0.25) is 0 Å². The fourth-order valence-electron chi connectivity index (χ4n) is 1.54. The third kappa shape index (κ3) is 1.44. The highest BCUT2D eigenvalue weighted by atomic mass is 15.4. The van der Waals surface area contributed by atoms with Gasteiger partial charge in [0.2, 0.25) is 0 Å². The topological polar surface area (TPSA) is 9.49 Å². The molecule has 0 saturated heterocycles. The maximum absolute atomic E-state index is 2.23. The molecule has 0 saturated carbocycles. The molecule has 0 spiro atoms. The molecule has 0 unspecified atom stereocenters. The van der Waals surface area contributed by atoms with Crippen molar-refractivity contribution in [3.63, 3.8) is 0 Å². The molecule has 68 valence electrons. The van der Waals surface area contributed by atoms with E-state index in [-0.39, 0.29) is 0 Å². The normalized spacial score (nSPS) is 18.1. The standard InChI is InChI=1S/C9H18N3/c1-8-6-7-11(4)9(10(2)3)12(8)5/h6H,7H2,1-5H3/q+1. The zero-order valence-electron chi connectivity index (χ0n) is 8.63. The summed E-state index contributed by atoms with van der Waals surface area (Å²) in [7, 11) is 8.34. The Morgan fingerprint density at radius 2 is 1.92 bits per heavy atom. The SMILES string of the molecule is CC1=CCN(C)C(=[N+](C)C)N1C. The predicted octanol–water partition coefficient (Wildman–Crippen LogP) is 0.395. The second-order valence-corrected chi connectivity index (χ2v) is 3.48. The van der Waals surface area contributed by atoms with Crippen LogP contribution in [0, 0.1) is 0 Å². The average molecular weight is 168 g/mol. The van der Waals surface area contributed by atoms with Gasteiger partial charge in [-0.1, -0.05) is 0 Å². The zero-order valence-corrected chi connectivity index (χ0v) is 8.63. The van der Waals surface area contributed by atoms with E-state index in [0.29, 0.717) is 0 Å². The van der Waals surface area contributed by atoms with Crippen LogP contribution in [0.15, 0.2) is 11.8 Å². The molecular weight excluding hydrogens is 150 g/mol. The lowest BCUT2D eigenvalue weighted by Crippen LogP contribution is -2.47. The first-order valence-electron chi connectivity index (χ1n) is 4.20. The molecule has 1 aliphatic rings. The van der Waals surface area contributed by atoms with Crippen LogP contribution in [-0.4, -0.2) is 55.1 Å². The van der Waals surface area contributed by atoms with Crippen molar-refractivity contribution in [2.75, 3.05) is 34.7 Å². The molecular formula is C9H18N3+. The van der Waals surface area contributed by atoms with Gasteiger partial charge in [-0.3, -0.25) is 9.48 Å². The second-order valence-electron chi connectivity index (χ2n) is 3.48. The maximum Gasteiger partial charge on any atom is 0.354 e. The van der Waals surface area contributed by atoms with Crippen molar-refractivity contribution in [2.24, 2.45) is 0 Å². The third-order valence-electron chi connectivity index (χ3n) is 2.23. The summed E-state index contributed by atoms with van der Waals surface area (Å²) in [6.07, 6.45) is 2.23. The molecule has 0 aromatic heterocycles. The van der Waals surface area contributed by atoms with Gasteiger partial charge in [-0.2, -0.15) is 0 Å². The number of nitrogens with zero attached hydrogens (tertiary/aromatic N) is 3. The van der Waals surface area contributed by atoms with Gasteiger partial charge in [-0.15, -0.1) is 0 Å². The van der Waals surface area contributed by atoms with E-state index in [4.69, 9.17) is 0 Å². The molecule has 3 heteroatoms. The Hall–Kier alpha value is -0.990. The van der Waals surface area contributed by atoms with Gasteiger partial charge < -0.3 is 0 Å². The lowest BCUT2D eigenvalue weighted by molar-refractivity contribution is -0.475. The lowest BCUT2D eigenvalue weighted by atomic mass is 10.3. The van der Waals surface area contributed by atoms with E-state index < -0.39 is 0 Å². The molecule has 0 aliphatic carbocycles. The molecule has 0 atom stereocenters. The molecule has 0 fully saturated rings. The smallest absolute Gasteiger partial charge is 0.270 e. The van der Waals surface area contributed by atoms with Gasteiger partial charge in [0.25, 0.3) is 0 Å². The Bertz CT molecular complexity index is 236. The molecule has 0 N–H and O–H groups in total. The molecule has 0 amide bonds. The van der Waals surface area contributed by atoms with Crippen molar-refractivity contribution < 1.29 is 4.58 Å². The highest BCUT2D eigenvalue weighted by molar-refractivity contribution is 5.77. The average Bonchev–Trinajstić information content (AvgIpc) is 1.97. The van der Waals surface area contributed by atoms with E-state index >= 15 is 0 Å². The van der Waals surface area contributed by atoms with Gasteiger partial charge >= 0.3 is 5.96 Å². The van der Waals surface area contributed by atoms with Crippen LogP contribution in [-0.2, 0) is 0 Å². The lowest BCUT2D eigenvalue weighted by Gasteiger charge is -2.27. The number of hydrogen-bond donors (Lipinski definition) is 0. The predicted molar refractivity (Wildman–Crippen MR) is 51.3 cm³/mol. The highest BCUT2D eigenvalue weighted by Crippen LogP contribution is 2.09. The Labute approximate surface area is 74.6 Å². The first-order chi connectivity index (χ1) is 5.54. The van der Waals surface area contributed by atoms with Crippen molar-refractivity contribution in [2.45, 2.75) is 6.92 Å². The Morgan fingerprint density at radius 1 is 1.33 bits per heavy atom. The van der Waals surface area contributed by atoms with Crippen molar-refractivity contribution >= 4 is 5.96 Å². The van der Waals surface area contributed by atoms with Gasteiger partial charge in [0, 0.05) is 0 Å². The summed E-state index contributed by atoms with van der Waals surface area (Å²) in [5.74, 6) is 1.25. The van der Waals surface area contributed by atoms with E-state index in [0.717, 1.165) is 6.54 Å². The van der Waals surface area contributed by atoms with Crippen LogP contribution in [0.4, 0.5) is 0 Å². The Kier molecular flexibility index (Phi) is 2.40. The quantitative estimate of drug-likeness (QED) is 0.484. The van der Waals surface area contributed by atoms with Crippen LogP contribution in [0.1, 0.15) is 6.92 Å². The first-order valence-corrected chi connectivity index (χ1v) is 4.20. The molecule has 12 heavy (non-hydrogen) atoms. The number of likely N-dealkylation sites (N-methyl/N-ethyl adjacent to an activating group) is 1. The maximum atomic E-state index is 2.23. The largest absolute Gasteiger partial charge is 0.354 e. The fraction of sp³-hybridized carbons (Fsp3) is 0.667. The summed E-state index contributed by atoms with van der Waals surface area (Å²) in [5, 5.41) is 0. The van der Waals surface area contributed by atoms with E-state index in [1.54, 1.807) is 0 Å². The van der Waals surface area contributed by atoms with E-state index in [9.17, 15) is 0 Å². The molecule has 0 radical (unpaired) electrons. The van der Waals surface area contributed by atoms with Gasteiger partial charge in [0.05, 0.1) is 40.4 Å². The van der Waals surface area contributed by atoms with Crippen molar-refractivity contribution in [1.82, 2.24) is 9.80 Å². The molecule has 0 aromatic carbocycles. The Morgan fingerprint density at radius 3 is 2.33 bits per heavy atom. The van der Waals surface area contributed by atoms with Crippen LogP contribution in [0.5, 0.6) is 0 Å². The zero-order chi connectivity index (χ0) is 9.30. The fourth-order valence-corrected chi connectivity index (χ4v) is 1.54. The van der Waals surface area contributed by atoms with Crippen molar-refractivity contribution in [1.29, 1.82) is 0 Å². The van der Waals surface area contributed by atoms with Gasteiger partial charge in [-0.05, 0) is 13.0 Å². The molecule has 1 heterocycles. The minimum atomic E-state index is 1.00. The summed E-state index contributed by atoms with van der Waals surface area (Å²) < 4.78 is 2.14. The minimum absolute atomic E-state index is 1.00. The molecule has 1 aliphatic heterocycles. The third-order valence-corrected chi connectivity index (χ3v) is 2.23. The molecule has 3 nitrogen and oxygen atoms in total. The summed E-state index contributed by atoms with van der Waals surface area (Å²) in [6.45, 7) is 3.14. The summed E-state index contributed by atoms with van der Waals surface area (Å²) in [6, 6.07) is 0. The molecule has 0 aromatic rings. The van der Waals surface area contributed by atoms with Gasteiger partial charge in [0.1, 0.15) is 0 Å². The number of rotatable bonds is 0. The number of hydrogen-bond acceptors (Lipinski definition) is 0. The van der Waals surface area contributed by atoms with Crippen LogP contribution >= 0.6 is 0 Å². The van der Waals surface area contributed by atoms with Crippen LogP contribution in [0.3, 0.4) is 0 Å². The molecule has 1 rings (SSSR count). The first kappa shape index (κ1) is 9.10. The van der Waals surface area contributed by atoms with Crippen LogP contribution in [0.25, 0.3) is 0 Å². The van der Waals surface area contributed by atoms with Gasteiger partial charge in [-0.25, -0.2) is 4.90 Å². The van der Waals surface area contributed by atoms with Crippen LogP contribution < -0.4 is 0 Å². The number of allylic oxidation sites excluding steroid dienone is 1. The summed E-state index contributed by atoms with van der Waals surface area (Å²) in [5.41, 5.74) is 1.32. The van der Waals surface area contributed by atoms with E-state index in [1.165, 1.54) is 11.7 Å². The second kappa shape index (κ2) is 3.17. The highest BCUT2D eigenvalue weighted by Gasteiger charge is 2.25. The molecule has 0 bridgehead atoms. The number of guanidine groups is 1. The Balaban J connectivity index is 3.02. The monoisotopic (exact) mass is 168 g/mol. The van der Waals surface area contributed by atoms with Crippen molar-refractivity contribution in [3.05, 3.63) is 11.8 Å². The van der Waals surface area contributed by atoms with E-state index in [2.05, 4.69) is 55.6 Å². The summed E-state index contributed by atoms with van der Waals surface area (Å²) >= 11 is 0. The summed E-state index contributed by atoms with van der Waals surface area (Å²) in [4.78, 5) is 4.43. The van der Waals surface area contributed by atoms with Crippen molar-refractivity contribution in [3.8, 4) is 0 Å².